The van der Waals surface area contributed by atoms with Gasteiger partial charge in [0.1, 0.15) is 5.71 Å². The molecule has 0 aromatic heterocycles. The predicted molar refractivity (Wildman–Crippen MR) is 88.7 cm³/mol. The fourth-order valence-corrected chi connectivity index (χ4v) is 3.82. The first-order valence-electron chi connectivity index (χ1n) is 7.12. The molecule has 1 atom stereocenters. The van der Waals surface area contributed by atoms with E-state index in [0.717, 1.165) is 5.57 Å². The number of hydrogen-bond donors (Lipinski definition) is 0. The Bertz CT molecular complexity index is 819. The van der Waals surface area contributed by atoms with Gasteiger partial charge in [-0.3, -0.25) is 4.79 Å². The molecule has 0 N–H and O–H groups in total. The lowest BCUT2D eigenvalue weighted by atomic mass is 9.86. The predicted octanol–water partition coefficient (Wildman–Crippen LogP) is 3.04. The van der Waals surface area contributed by atoms with Crippen molar-refractivity contribution in [2.75, 3.05) is 0 Å². The lowest BCUT2D eigenvalue weighted by molar-refractivity contribution is -0.146. The highest BCUT2D eigenvalue weighted by Crippen LogP contribution is 2.29. The number of allylic oxidation sites excluding steroid dienone is 2. The van der Waals surface area contributed by atoms with E-state index in [-0.39, 0.29) is 10.6 Å². The highest BCUT2D eigenvalue weighted by atomic mass is 32.2. The molecule has 1 aliphatic carbocycles. The highest BCUT2D eigenvalue weighted by molar-refractivity contribution is 7.90. The largest absolute Gasteiger partial charge is 0.449 e. The Morgan fingerprint density at radius 3 is 2.35 bits per heavy atom. The summed E-state index contributed by atoms with van der Waals surface area (Å²) in [5, 5.41) is 0. The zero-order valence-corrected chi connectivity index (χ0v) is 14.3. The molecule has 122 valence electrons. The number of carbonyl (C=O) groups is 1. The molecule has 23 heavy (non-hydrogen) atoms. The molecule has 1 aliphatic rings. The number of carbonyl (C=O) groups excluding carboxylic acids is 1. The molecule has 0 heterocycles. The molecule has 1 aromatic carbocycles. The Kier molecular flexibility index (Phi) is 4.56. The molecule has 0 bridgehead atoms. The Balaban J connectivity index is 2.58. The van der Waals surface area contributed by atoms with E-state index in [9.17, 15) is 13.2 Å². The maximum atomic E-state index is 12.5. The Hall–Kier alpha value is -2.21. The first kappa shape index (κ1) is 17.1. The van der Waals surface area contributed by atoms with Gasteiger partial charge in [-0.25, -0.2) is 0 Å². The van der Waals surface area contributed by atoms with Gasteiger partial charge >= 0.3 is 5.97 Å². The number of ether oxygens (including phenoxy) is 1. The van der Waals surface area contributed by atoms with Gasteiger partial charge in [0.15, 0.2) is 5.60 Å². The van der Waals surface area contributed by atoms with E-state index in [1.807, 2.05) is 13.0 Å². The van der Waals surface area contributed by atoms with Crippen LogP contribution < -0.4 is 0 Å². The molecule has 6 heteroatoms. The lowest BCUT2D eigenvalue weighted by Crippen LogP contribution is -2.41. The fraction of sp³-hybridized carbons (Fsp3) is 0.294. The lowest BCUT2D eigenvalue weighted by Gasteiger charge is -2.31. The van der Waals surface area contributed by atoms with Crippen LogP contribution in [0.2, 0.25) is 0 Å². The Morgan fingerprint density at radius 2 is 1.78 bits per heavy atom. The van der Waals surface area contributed by atoms with Crippen molar-refractivity contribution in [1.82, 2.24) is 0 Å². The van der Waals surface area contributed by atoms with Crippen molar-refractivity contribution in [3.05, 3.63) is 53.6 Å². The van der Waals surface area contributed by atoms with Crippen molar-refractivity contribution in [1.29, 1.82) is 0 Å². The molecule has 2 rings (SSSR count). The summed E-state index contributed by atoms with van der Waals surface area (Å²) in [7, 11) is -3.89. The first-order chi connectivity index (χ1) is 10.6. The minimum atomic E-state index is -3.89. The molecule has 5 nitrogen and oxygen atoms in total. The molecule has 0 aliphatic heterocycles. The summed E-state index contributed by atoms with van der Waals surface area (Å²) < 4.78 is 34.4. The van der Waals surface area contributed by atoms with Gasteiger partial charge in [0.05, 0.1) is 4.90 Å². The van der Waals surface area contributed by atoms with E-state index in [4.69, 9.17) is 4.74 Å². The summed E-state index contributed by atoms with van der Waals surface area (Å²) in [5.74, 6) is -0.504. The van der Waals surface area contributed by atoms with Gasteiger partial charge in [0.2, 0.25) is 0 Å². The van der Waals surface area contributed by atoms with Crippen molar-refractivity contribution in [3.8, 4) is 0 Å². The zero-order valence-electron chi connectivity index (χ0n) is 13.5. The van der Waals surface area contributed by atoms with Gasteiger partial charge in [-0.1, -0.05) is 29.8 Å². The molecule has 0 radical (unpaired) electrons. The van der Waals surface area contributed by atoms with Crippen molar-refractivity contribution in [2.24, 2.45) is 4.40 Å². The number of rotatable bonds is 3. The first-order valence-corrected chi connectivity index (χ1v) is 8.56. The van der Waals surface area contributed by atoms with E-state index in [1.165, 1.54) is 19.1 Å². The maximum Gasteiger partial charge on any atom is 0.303 e. The van der Waals surface area contributed by atoms with Gasteiger partial charge in [-0.2, -0.15) is 12.8 Å². The third kappa shape index (κ3) is 3.76. The van der Waals surface area contributed by atoms with E-state index >= 15 is 0 Å². The summed E-state index contributed by atoms with van der Waals surface area (Å²) in [6, 6.07) is 7.95. The fourth-order valence-electron chi connectivity index (χ4n) is 2.65. The Morgan fingerprint density at radius 1 is 1.17 bits per heavy atom. The standard InChI is InChI=1S/C17H19NO4S/c1-12-10-13(2)16(17(4,11-12)22-14(3)19)18-23(20,21)15-8-6-5-7-9-15/h5-11H,1-4H3. The number of esters is 1. The van der Waals surface area contributed by atoms with Crippen LogP contribution in [0.15, 0.2) is 62.9 Å². The van der Waals surface area contributed by atoms with E-state index in [2.05, 4.69) is 4.40 Å². The van der Waals surface area contributed by atoms with Crippen LogP contribution in [-0.4, -0.2) is 25.7 Å². The van der Waals surface area contributed by atoms with Gasteiger partial charge in [-0.05, 0) is 44.6 Å². The maximum absolute atomic E-state index is 12.5. The number of sulfonamides is 1. The third-order valence-corrected chi connectivity index (χ3v) is 4.69. The molecule has 0 spiro atoms. The Labute approximate surface area is 136 Å². The third-order valence-electron chi connectivity index (χ3n) is 3.40. The van der Waals surface area contributed by atoms with Crippen LogP contribution in [-0.2, 0) is 19.6 Å². The van der Waals surface area contributed by atoms with Gasteiger partial charge in [0, 0.05) is 6.92 Å². The molecule has 1 unspecified atom stereocenters. The van der Waals surface area contributed by atoms with E-state index in [1.54, 1.807) is 38.1 Å². The molecule has 1 aromatic rings. The van der Waals surface area contributed by atoms with Crippen molar-refractivity contribution in [2.45, 2.75) is 38.2 Å². The number of benzene rings is 1. The van der Waals surface area contributed by atoms with Crippen LogP contribution in [0.25, 0.3) is 0 Å². The van der Waals surface area contributed by atoms with Crippen molar-refractivity contribution < 1.29 is 17.9 Å². The smallest absolute Gasteiger partial charge is 0.303 e. The van der Waals surface area contributed by atoms with Crippen LogP contribution in [0.4, 0.5) is 0 Å². The summed E-state index contributed by atoms with van der Waals surface area (Å²) in [4.78, 5) is 11.5. The second-order valence-corrected chi connectivity index (χ2v) is 7.25. The summed E-state index contributed by atoms with van der Waals surface area (Å²) in [5.41, 5.74) is 0.522. The van der Waals surface area contributed by atoms with Crippen LogP contribution in [0.1, 0.15) is 27.7 Å². The summed E-state index contributed by atoms with van der Waals surface area (Å²) in [6.45, 7) is 6.52. The second-order valence-electron chi connectivity index (χ2n) is 5.64. The topological polar surface area (TPSA) is 72.8 Å². The normalized spacial score (nSPS) is 23.2. The average Bonchev–Trinajstić information content (AvgIpc) is 2.43. The van der Waals surface area contributed by atoms with Crippen LogP contribution in [0.5, 0.6) is 0 Å². The molecule has 0 fully saturated rings. The van der Waals surface area contributed by atoms with Crippen molar-refractivity contribution >= 4 is 21.7 Å². The molecule has 0 saturated carbocycles. The van der Waals surface area contributed by atoms with E-state index < -0.39 is 21.6 Å². The van der Waals surface area contributed by atoms with Gasteiger partial charge in [0.25, 0.3) is 10.0 Å². The van der Waals surface area contributed by atoms with E-state index in [0.29, 0.717) is 5.57 Å². The average molecular weight is 333 g/mol. The minimum absolute atomic E-state index is 0.0942. The van der Waals surface area contributed by atoms with Crippen LogP contribution in [0.3, 0.4) is 0 Å². The van der Waals surface area contributed by atoms with Crippen LogP contribution in [0, 0.1) is 0 Å². The summed E-state index contributed by atoms with van der Waals surface area (Å²) in [6.07, 6.45) is 3.51. The van der Waals surface area contributed by atoms with Crippen LogP contribution >= 0.6 is 0 Å². The monoisotopic (exact) mass is 333 g/mol. The van der Waals surface area contributed by atoms with Gasteiger partial charge < -0.3 is 4.74 Å². The molecule has 0 saturated heterocycles. The second kappa shape index (κ2) is 6.12. The minimum Gasteiger partial charge on any atom is -0.449 e. The van der Waals surface area contributed by atoms with Gasteiger partial charge in [-0.15, -0.1) is 0 Å². The quantitative estimate of drug-likeness (QED) is 0.797. The zero-order chi connectivity index (χ0) is 17.3. The molecule has 0 amide bonds. The number of hydrogen-bond acceptors (Lipinski definition) is 4. The SMILES string of the molecule is CC(=O)OC1(C)C=C(C)C=C(C)C1=NS(=O)(=O)c1ccccc1. The molecular formula is C17H19NO4S. The molecular weight excluding hydrogens is 314 g/mol. The summed E-state index contributed by atoms with van der Waals surface area (Å²) >= 11 is 0. The highest BCUT2D eigenvalue weighted by Gasteiger charge is 2.37. The van der Waals surface area contributed by atoms with Crippen molar-refractivity contribution in [3.63, 3.8) is 0 Å². The number of nitrogens with zero attached hydrogens (tertiary/aromatic N) is 1.